The summed E-state index contributed by atoms with van der Waals surface area (Å²) in [6.45, 7) is 1.25. The van der Waals surface area contributed by atoms with E-state index >= 15 is 0 Å². The Morgan fingerprint density at radius 3 is 2.57 bits per heavy atom. The zero-order valence-corrected chi connectivity index (χ0v) is 13.8. The summed E-state index contributed by atoms with van der Waals surface area (Å²) in [5.74, 6) is 1.17. The summed E-state index contributed by atoms with van der Waals surface area (Å²) in [5, 5.41) is 6.13. The number of amides is 1. The maximum atomic E-state index is 11.9. The Hall–Kier alpha value is -0.910. The minimum absolute atomic E-state index is 0. The van der Waals surface area contributed by atoms with Gasteiger partial charge in [0.05, 0.1) is 12.6 Å². The van der Waals surface area contributed by atoms with Gasteiger partial charge in [-0.2, -0.15) is 0 Å². The summed E-state index contributed by atoms with van der Waals surface area (Å²) >= 11 is 0. The van der Waals surface area contributed by atoms with Gasteiger partial charge in [0.2, 0.25) is 5.91 Å². The molecule has 21 heavy (non-hydrogen) atoms. The van der Waals surface area contributed by atoms with E-state index in [0.29, 0.717) is 12.3 Å². The fourth-order valence-corrected chi connectivity index (χ4v) is 2.84. The van der Waals surface area contributed by atoms with Crippen molar-refractivity contribution in [3.8, 4) is 0 Å². The van der Waals surface area contributed by atoms with Crippen molar-refractivity contribution in [2.24, 2.45) is 5.92 Å². The molecule has 118 valence electrons. The summed E-state index contributed by atoms with van der Waals surface area (Å²) < 4.78 is 11.5. The molecule has 4 nitrogen and oxygen atoms in total. The zero-order chi connectivity index (χ0) is 14.4. The Kier molecular flexibility index (Phi) is 7.93. The lowest BCUT2D eigenvalue weighted by atomic mass is 10.1. The second-order valence-corrected chi connectivity index (χ2v) is 6.82. The summed E-state index contributed by atoms with van der Waals surface area (Å²) in [4.78, 5) is 11.9. The van der Waals surface area contributed by atoms with Gasteiger partial charge in [-0.05, 0) is 30.9 Å². The monoisotopic (exact) mass is 330 g/mol. The Labute approximate surface area is 134 Å². The molecule has 2 N–H and O–H groups in total. The Morgan fingerprint density at radius 2 is 2.00 bits per heavy atom. The van der Waals surface area contributed by atoms with Gasteiger partial charge in [-0.15, -0.1) is 12.4 Å². The van der Waals surface area contributed by atoms with E-state index in [2.05, 4.69) is 10.6 Å². The topological polar surface area (TPSA) is 58.2 Å². The van der Waals surface area contributed by atoms with E-state index in [1.54, 1.807) is 6.26 Å². The highest BCUT2D eigenvalue weighted by atomic mass is 35.5. The first-order valence-electron chi connectivity index (χ1n) is 7.00. The molecule has 0 aromatic heterocycles. The number of nitrogens with one attached hydrogen (secondary N) is 2. The average molecular weight is 331 g/mol. The van der Waals surface area contributed by atoms with Crippen molar-refractivity contribution < 1.29 is 9.00 Å². The van der Waals surface area contributed by atoms with Gasteiger partial charge < -0.3 is 10.6 Å². The number of benzene rings is 1. The summed E-state index contributed by atoms with van der Waals surface area (Å²) in [6.07, 6.45) is 4.21. The van der Waals surface area contributed by atoms with Gasteiger partial charge in [0.15, 0.2) is 0 Å². The molecule has 2 unspecified atom stereocenters. The van der Waals surface area contributed by atoms with Crippen LogP contribution in [0.2, 0.25) is 0 Å². The summed E-state index contributed by atoms with van der Waals surface area (Å²) in [5.41, 5.74) is 0.998. The Morgan fingerprint density at radius 1 is 1.33 bits per heavy atom. The molecule has 0 radical (unpaired) electrons. The lowest BCUT2D eigenvalue weighted by Crippen LogP contribution is -2.38. The molecule has 1 fully saturated rings. The van der Waals surface area contributed by atoms with Gasteiger partial charge in [-0.25, -0.2) is 0 Å². The van der Waals surface area contributed by atoms with Crippen LogP contribution in [-0.4, -0.2) is 35.2 Å². The smallest absolute Gasteiger partial charge is 0.234 e. The highest BCUT2D eigenvalue weighted by Gasteiger charge is 2.21. The molecule has 1 aromatic carbocycles. The molecular formula is C15H23ClN2O2S. The van der Waals surface area contributed by atoms with Gasteiger partial charge in [-0.3, -0.25) is 9.00 Å². The molecule has 0 bridgehead atoms. The number of rotatable bonds is 8. The van der Waals surface area contributed by atoms with E-state index in [1.807, 2.05) is 30.3 Å². The standard InChI is InChI=1S/C15H22N2O2S.ClH/c1-20(19)11-14(13-5-3-2-4-6-13)17-15(18)10-16-9-12-7-8-12;/h2-6,12,14,16H,7-11H2,1H3,(H,17,18);1H. The average Bonchev–Trinajstić information content (AvgIpc) is 3.23. The molecule has 1 aliphatic carbocycles. The molecule has 0 saturated heterocycles. The first kappa shape index (κ1) is 18.1. The van der Waals surface area contributed by atoms with Crippen LogP contribution in [0.5, 0.6) is 0 Å². The fraction of sp³-hybridized carbons (Fsp3) is 0.533. The number of carbonyl (C=O) groups excluding carboxylic acids is 1. The predicted molar refractivity (Wildman–Crippen MR) is 89.1 cm³/mol. The van der Waals surface area contributed by atoms with Gasteiger partial charge in [0.1, 0.15) is 0 Å². The molecule has 6 heteroatoms. The van der Waals surface area contributed by atoms with Crippen LogP contribution in [0.25, 0.3) is 0 Å². The Balaban J connectivity index is 0.00000220. The van der Waals surface area contributed by atoms with Crippen molar-refractivity contribution in [1.82, 2.24) is 10.6 Å². The van der Waals surface area contributed by atoms with Gasteiger partial charge >= 0.3 is 0 Å². The van der Waals surface area contributed by atoms with E-state index in [9.17, 15) is 9.00 Å². The Bertz CT molecular complexity index is 466. The lowest BCUT2D eigenvalue weighted by Gasteiger charge is -2.18. The summed E-state index contributed by atoms with van der Waals surface area (Å²) in [7, 11) is -0.951. The van der Waals surface area contributed by atoms with E-state index in [4.69, 9.17) is 0 Å². The van der Waals surface area contributed by atoms with E-state index in [1.165, 1.54) is 12.8 Å². The molecule has 0 heterocycles. The molecule has 2 rings (SSSR count). The SMILES string of the molecule is CS(=O)CC(NC(=O)CNCC1CC1)c1ccccc1.Cl. The van der Waals surface area contributed by atoms with Crippen LogP contribution < -0.4 is 10.6 Å². The normalized spacial score (nSPS) is 16.6. The number of halogens is 1. The van der Waals surface area contributed by atoms with Crippen molar-refractivity contribution in [2.45, 2.75) is 18.9 Å². The minimum Gasteiger partial charge on any atom is -0.347 e. The van der Waals surface area contributed by atoms with Crippen LogP contribution in [0.15, 0.2) is 30.3 Å². The minimum atomic E-state index is -0.951. The van der Waals surface area contributed by atoms with Crippen molar-refractivity contribution in [1.29, 1.82) is 0 Å². The van der Waals surface area contributed by atoms with Crippen LogP contribution in [0, 0.1) is 5.92 Å². The molecule has 0 spiro atoms. The zero-order valence-electron chi connectivity index (χ0n) is 12.2. The number of hydrogen-bond donors (Lipinski definition) is 2. The lowest BCUT2D eigenvalue weighted by molar-refractivity contribution is -0.120. The third kappa shape index (κ3) is 7.07. The highest BCUT2D eigenvalue weighted by molar-refractivity contribution is 7.84. The quantitative estimate of drug-likeness (QED) is 0.762. The molecule has 1 amide bonds. The molecular weight excluding hydrogens is 308 g/mol. The van der Waals surface area contributed by atoms with Gasteiger partial charge in [-0.1, -0.05) is 30.3 Å². The third-order valence-electron chi connectivity index (χ3n) is 3.35. The summed E-state index contributed by atoms with van der Waals surface area (Å²) in [6, 6.07) is 9.52. The van der Waals surface area contributed by atoms with E-state index < -0.39 is 10.8 Å². The van der Waals surface area contributed by atoms with Crippen LogP contribution >= 0.6 is 12.4 Å². The molecule has 1 aliphatic rings. The first-order chi connectivity index (χ1) is 9.65. The highest BCUT2D eigenvalue weighted by Crippen LogP contribution is 2.27. The molecule has 0 aliphatic heterocycles. The van der Waals surface area contributed by atoms with Crippen LogP contribution in [0.3, 0.4) is 0 Å². The van der Waals surface area contributed by atoms with Crippen LogP contribution in [0.4, 0.5) is 0 Å². The van der Waals surface area contributed by atoms with Gasteiger partial charge in [0, 0.05) is 22.8 Å². The van der Waals surface area contributed by atoms with Crippen LogP contribution in [0.1, 0.15) is 24.4 Å². The first-order valence-corrected chi connectivity index (χ1v) is 8.73. The van der Waals surface area contributed by atoms with Crippen molar-refractivity contribution in [3.05, 3.63) is 35.9 Å². The number of carbonyl (C=O) groups is 1. The van der Waals surface area contributed by atoms with Crippen LogP contribution in [-0.2, 0) is 15.6 Å². The fourth-order valence-electron chi connectivity index (χ4n) is 2.10. The van der Waals surface area contributed by atoms with E-state index in [-0.39, 0.29) is 24.4 Å². The molecule has 1 saturated carbocycles. The maximum absolute atomic E-state index is 11.9. The third-order valence-corrected chi connectivity index (χ3v) is 4.16. The van der Waals surface area contributed by atoms with Crippen molar-refractivity contribution in [2.75, 3.05) is 25.1 Å². The second kappa shape index (κ2) is 9.18. The van der Waals surface area contributed by atoms with Gasteiger partial charge in [0.25, 0.3) is 0 Å². The molecule has 1 aromatic rings. The van der Waals surface area contributed by atoms with Crippen molar-refractivity contribution in [3.63, 3.8) is 0 Å². The largest absolute Gasteiger partial charge is 0.347 e. The van der Waals surface area contributed by atoms with Crippen molar-refractivity contribution >= 4 is 29.1 Å². The second-order valence-electron chi connectivity index (χ2n) is 5.34. The maximum Gasteiger partial charge on any atom is 0.234 e. The number of hydrogen-bond acceptors (Lipinski definition) is 3. The van der Waals surface area contributed by atoms with E-state index in [0.717, 1.165) is 18.0 Å². The molecule has 2 atom stereocenters. The predicted octanol–water partition coefficient (Wildman–Crippen LogP) is 1.64.